The van der Waals surface area contributed by atoms with Gasteiger partial charge in [0.25, 0.3) is 0 Å². The summed E-state index contributed by atoms with van der Waals surface area (Å²) in [6, 6.07) is 0. The Labute approximate surface area is 79.5 Å². The van der Waals surface area contributed by atoms with Crippen molar-refractivity contribution < 1.29 is 4.74 Å². The van der Waals surface area contributed by atoms with Gasteiger partial charge < -0.3 is 10.5 Å². The van der Waals surface area contributed by atoms with Crippen LogP contribution in [0.5, 0.6) is 0 Å². The van der Waals surface area contributed by atoms with E-state index in [9.17, 15) is 0 Å². The van der Waals surface area contributed by atoms with E-state index in [0.717, 1.165) is 26.1 Å². The van der Waals surface area contributed by atoms with Crippen molar-refractivity contribution in [2.24, 2.45) is 16.6 Å². The summed E-state index contributed by atoms with van der Waals surface area (Å²) in [5.74, 6) is 5.29. The zero-order valence-electron chi connectivity index (χ0n) is 8.25. The molecule has 5 N–H and O–H groups in total. The number of nitrogens with two attached hydrogens (primary N) is 2. The average molecular weight is 188 g/mol. The summed E-state index contributed by atoms with van der Waals surface area (Å²) in [4.78, 5) is 3.94. The number of aliphatic imine (C=N–C) groups is 1. The monoisotopic (exact) mass is 188 g/mol. The summed E-state index contributed by atoms with van der Waals surface area (Å²) in [7, 11) is 0. The van der Waals surface area contributed by atoms with E-state index in [1.165, 1.54) is 6.42 Å². The van der Waals surface area contributed by atoms with Crippen LogP contribution >= 0.6 is 0 Å². The number of ether oxygens (including phenoxy) is 1. The maximum absolute atomic E-state index is 5.33. The van der Waals surface area contributed by atoms with Gasteiger partial charge in [-0.2, -0.15) is 0 Å². The van der Waals surface area contributed by atoms with E-state index in [2.05, 4.69) is 17.3 Å². The fourth-order valence-electron chi connectivity index (χ4n) is 0.760. The van der Waals surface area contributed by atoms with Crippen LogP contribution < -0.4 is 17.0 Å². The Morgan fingerprint density at radius 2 is 2.08 bits per heavy atom. The van der Waals surface area contributed by atoms with Crippen LogP contribution in [0.3, 0.4) is 0 Å². The minimum absolute atomic E-state index is 0.272. The standard InChI is InChI=1S/C8H20N4O/c1-2-3-6-13-7-4-5-11-8(9)12-10/h2-7,10H2,1H3,(H3,9,11,12). The Morgan fingerprint density at radius 3 is 2.69 bits per heavy atom. The number of unbranched alkanes of at least 4 members (excludes halogenated alkanes) is 1. The normalized spacial score (nSPS) is 11.7. The minimum Gasteiger partial charge on any atom is -0.381 e. The lowest BCUT2D eigenvalue weighted by molar-refractivity contribution is 0.130. The molecular weight excluding hydrogens is 168 g/mol. The second kappa shape index (κ2) is 9.28. The summed E-state index contributed by atoms with van der Waals surface area (Å²) in [5, 5.41) is 0. The lowest BCUT2D eigenvalue weighted by atomic mass is 10.4. The molecule has 0 spiro atoms. The van der Waals surface area contributed by atoms with E-state index < -0.39 is 0 Å². The fourth-order valence-corrected chi connectivity index (χ4v) is 0.760. The average Bonchev–Trinajstić information content (AvgIpc) is 2.16. The number of rotatable bonds is 7. The molecule has 13 heavy (non-hydrogen) atoms. The third kappa shape index (κ3) is 9.10. The van der Waals surface area contributed by atoms with Crippen LogP contribution in [0.1, 0.15) is 26.2 Å². The second-order valence-corrected chi connectivity index (χ2v) is 2.73. The molecule has 0 radical (unpaired) electrons. The molecule has 0 heterocycles. The van der Waals surface area contributed by atoms with Crippen LogP contribution in [0.4, 0.5) is 0 Å². The Kier molecular flexibility index (Phi) is 8.70. The van der Waals surface area contributed by atoms with Gasteiger partial charge in [0.15, 0.2) is 0 Å². The van der Waals surface area contributed by atoms with Gasteiger partial charge >= 0.3 is 0 Å². The highest BCUT2D eigenvalue weighted by Gasteiger charge is 1.88. The Hall–Kier alpha value is -0.810. The highest BCUT2D eigenvalue weighted by Crippen LogP contribution is 1.89. The summed E-state index contributed by atoms with van der Waals surface area (Å²) < 4.78 is 5.33. The van der Waals surface area contributed by atoms with Crippen molar-refractivity contribution >= 4 is 5.96 Å². The predicted octanol–water partition coefficient (Wildman–Crippen LogP) is -0.0288. The summed E-state index contributed by atoms with van der Waals surface area (Å²) in [6.45, 7) is 4.37. The highest BCUT2D eigenvalue weighted by molar-refractivity contribution is 5.76. The molecule has 5 nitrogen and oxygen atoms in total. The number of hydrazine groups is 1. The number of hydrogen-bond acceptors (Lipinski definition) is 3. The number of nitrogens with zero attached hydrogens (tertiary/aromatic N) is 1. The highest BCUT2D eigenvalue weighted by atomic mass is 16.5. The lowest BCUT2D eigenvalue weighted by Gasteiger charge is -2.01. The zero-order chi connectivity index (χ0) is 9.94. The van der Waals surface area contributed by atoms with Crippen molar-refractivity contribution in [1.82, 2.24) is 5.43 Å². The van der Waals surface area contributed by atoms with Crippen LogP contribution in [-0.2, 0) is 4.74 Å². The zero-order valence-corrected chi connectivity index (χ0v) is 8.25. The Bertz CT molecular complexity index is 138. The first-order valence-electron chi connectivity index (χ1n) is 4.65. The molecule has 0 unspecified atom stereocenters. The predicted molar refractivity (Wildman–Crippen MR) is 54.2 cm³/mol. The summed E-state index contributed by atoms with van der Waals surface area (Å²) >= 11 is 0. The van der Waals surface area contributed by atoms with Crippen LogP contribution in [0, 0.1) is 0 Å². The van der Waals surface area contributed by atoms with Crippen LogP contribution in [0.15, 0.2) is 4.99 Å². The molecule has 0 bridgehead atoms. The summed E-state index contributed by atoms with van der Waals surface area (Å²) in [5.41, 5.74) is 7.57. The smallest absolute Gasteiger partial charge is 0.203 e. The third-order valence-corrected chi connectivity index (χ3v) is 1.52. The minimum atomic E-state index is 0.272. The quantitative estimate of drug-likeness (QED) is 0.172. The third-order valence-electron chi connectivity index (χ3n) is 1.52. The van der Waals surface area contributed by atoms with Crippen molar-refractivity contribution in [3.8, 4) is 0 Å². The van der Waals surface area contributed by atoms with Crippen LogP contribution in [-0.4, -0.2) is 25.7 Å². The van der Waals surface area contributed by atoms with E-state index in [4.69, 9.17) is 16.3 Å². The number of nitrogens with one attached hydrogen (secondary N) is 1. The van der Waals surface area contributed by atoms with E-state index in [0.29, 0.717) is 6.54 Å². The van der Waals surface area contributed by atoms with Crippen molar-refractivity contribution in [3.05, 3.63) is 0 Å². The molecular formula is C8H20N4O. The molecule has 0 fully saturated rings. The SMILES string of the molecule is CCCCOCCCN=C(N)NN. The van der Waals surface area contributed by atoms with Gasteiger partial charge in [0.05, 0.1) is 0 Å². The number of hydrogen-bond donors (Lipinski definition) is 3. The second-order valence-electron chi connectivity index (χ2n) is 2.73. The van der Waals surface area contributed by atoms with E-state index in [1.54, 1.807) is 0 Å². The molecule has 0 aliphatic heterocycles. The molecule has 0 aromatic rings. The lowest BCUT2D eigenvalue weighted by Crippen LogP contribution is -2.37. The van der Waals surface area contributed by atoms with Gasteiger partial charge in [-0.15, -0.1) is 0 Å². The first-order chi connectivity index (χ1) is 6.31. The number of guanidine groups is 1. The molecule has 5 heteroatoms. The molecule has 0 aliphatic carbocycles. The van der Waals surface area contributed by atoms with Gasteiger partial charge in [0, 0.05) is 19.8 Å². The van der Waals surface area contributed by atoms with Crippen molar-refractivity contribution in [2.75, 3.05) is 19.8 Å². The van der Waals surface area contributed by atoms with Crippen LogP contribution in [0.2, 0.25) is 0 Å². The molecule has 0 aromatic heterocycles. The van der Waals surface area contributed by atoms with E-state index in [-0.39, 0.29) is 5.96 Å². The molecule has 0 amide bonds. The van der Waals surface area contributed by atoms with Gasteiger partial charge in [0.1, 0.15) is 0 Å². The van der Waals surface area contributed by atoms with Crippen molar-refractivity contribution in [3.63, 3.8) is 0 Å². The fraction of sp³-hybridized carbons (Fsp3) is 0.875. The van der Waals surface area contributed by atoms with E-state index in [1.807, 2.05) is 0 Å². The maximum atomic E-state index is 5.33. The van der Waals surface area contributed by atoms with Crippen molar-refractivity contribution in [1.29, 1.82) is 0 Å². The summed E-state index contributed by atoms with van der Waals surface area (Å²) in [6.07, 6.45) is 3.17. The first-order valence-corrected chi connectivity index (χ1v) is 4.65. The van der Waals surface area contributed by atoms with Crippen molar-refractivity contribution in [2.45, 2.75) is 26.2 Å². The molecule has 78 valence electrons. The van der Waals surface area contributed by atoms with Gasteiger partial charge in [0.2, 0.25) is 5.96 Å². The largest absolute Gasteiger partial charge is 0.381 e. The molecule has 0 atom stereocenters. The van der Waals surface area contributed by atoms with Gasteiger partial charge in [-0.1, -0.05) is 13.3 Å². The van der Waals surface area contributed by atoms with Gasteiger partial charge in [-0.3, -0.25) is 10.4 Å². The topological polar surface area (TPSA) is 85.7 Å². The molecule has 0 rings (SSSR count). The Balaban J connectivity index is 3.08. The van der Waals surface area contributed by atoms with Gasteiger partial charge in [-0.05, 0) is 12.8 Å². The molecule has 0 aliphatic rings. The first kappa shape index (κ1) is 12.2. The van der Waals surface area contributed by atoms with Gasteiger partial charge in [-0.25, -0.2) is 5.84 Å². The maximum Gasteiger partial charge on any atom is 0.203 e. The molecule has 0 saturated heterocycles. The molecule has 0 saturated carbocycles. The van der Waals surface area contributed by atoms with E-state index >= 15 is 0 Å². The Morgan fingerprint density at radius 1 is 1.38 bits per heavy atom. The van der Waals surface area contributed by atoms with Crippen LogP contribution in [0.25, 0.3) is 0 Å². The molecule has 0 aromatic carbocycles.